The molecule has 2 rings (SSSR count). The number of esters is 2. The van der Waals surface area contributed by atoms with Crippen molar-refractivity contribution in [2.45, 2.75) is 33.6 Å². The van der Waals surface area contributed by atoms with Crippen LogP contribution in [-0.2, 0) is 20.7 Å². The lowest BCUT2D eigenvalue weighted by molar-refractivity contribution is -0.383. The maximum atomic E-state index is 12.4. The quantitative estimate of drug-likeness (QED) is 0.424. The lowest BCUT2D eigenvalue weighted by atomic mass is 9.95. The fourth-order valence-electron chi connectivity index (χ4n) is 2.85. The van der Waals surface area contributed by atoms with Gasteiger partial charge in [-0.2, -0.15) is 0 Å². The maximum absolute atomic E-state index is 12.4. The summed E-state index contributed by atoms with van der Waals surface area (Å²) in [6.45, 7) is 5.39. The second-order valence-corrected chi connectivity index (χ2v) is 5.50. The molecule has 1 heterocycles. The third-order valence-electron chi connectivity index (χ3n) is 3.83. The number of nitro benzene ring substituents is 1. The van der Waals surface area contributed by atoms with Crippen LogP contribution in [0.2, 0.25) is 0 Å². The van der Waals surface area contributed by atoms with Gasteiger partial charge in [-0.25, -0.2) is 4.79 Å². The number of carbonyl (C=O) groups excluding carboxylic acids is 2. The van der Waals surface area contributed by atoms with Gasteiger partial charge < -0.3 is 9.47 Å². The predicted octanol–water partition coefficient (Wildman–Crippen LogP) is 3.12. The molecule has 26 heavy (non-hydrogen) atoms. The molecule has 0 aliphatic rings. The van der Waals surface area contributed by atoms with E-state index in [-0.39, 0.29) is 42.7 Å². The van der Waals surface area contributed by atoms with Crippen LogP contribution in [0, 0.1) is 17.0 Å². The number of hydrogen-bond acceptors (Lipinski definition) is 7. The largest absolute Gasteiger partial charge is 0.466 e. The first kappa shape index (κ1) is 19.3. The Labute approximate surface area is 150 Å². The number of rotatable bonds is 7. The second-order valence-electron chi connectivity index (χ2n) is 5.50. The molecule has 2 aromatic rings. The molecule has 0 radical (unpaired) electrons. The van der Waals surface area contributed by atoms with Crippen LogP contribution in [0.5, 0.6) is 0 Å². The number of fused-ring (bicyclic) bond motifs is 1. The highest BCUT2D eigenvalue weighted by atomic mass is 16.6. The van der Waals surface area contributed by atoms with Crippen molar-refractivity contribution in [3.05, 3.63) is 45.1 Å². The molecular weight excluding hydrogens is 340 g/mol. The van der Waals surface area contributed by atoms with E-state index in [2.05, 4.69) is 4.98 Å². The van der Waals surface area contributed by atoms with Gasteiger partial charge in [-0.15, -0.1) is 0 Å². The number of hydrogen-bond donors (Lipinski definition) is 0. The molecule has 0 fully saturated rings. The lowest BCUT2D eigenvalue weighted by Gasteiger charge is -2.14. The summed E-state index contributed by atoms with van der Waals surface area (Å²) in [7, 11) is 0. The molecule has 0 amide bonds. The smallest absolute Gasteiger partial charge is 0.340 e. The first-order valence-electron chi connectivity index (χ1n) is 8.30. The topological polar surface area (TPSA) is 109 Å². The average molecular weight is 360 g/mol. The number of benzene rings is 1. The van der Waals surface area contributed by atoms with Crippen molar-refractivity contribution in [3.8, 4) is 0 Å². The summed E-state index contributed by atoms with van der Waals surface area (Å²) in [6.07, 6.45) is 0.0997. The van der Waals surface area contributed by atoms with Crippen molar-refractivity contribution >= 4 is 28.5 Å². The zero-order valence-corrected chi connectivity index (χ0v) is 14.9. The van der Waals surface area contributed by atoms with Gasteiger partial charge >= 0.3 is 11.9 Å². The summed E-state index contributed by atoms with van der Waals surface area (Å²) in [5, 5.41) is 11.7. The van der Waals surface area contributed by atoms with Crippen LogP contribution in [0.1, 0.15) is 41.9 Å². The molecule has 0 bridgehead atoms. The van der Waals surface area contributed by atoms with Crippen LogP contribution >= 0.6 is 0 Å². The minimum atomic E-state index is -0.614. The van der Waals surface area contributed by atoms with Gasteiger partial charge in [0.15, 0.2) is 0 Å². The van der Waals surface area contributed by atoms with E-state index in [1.165, 1.54) is 12.1 Å². The van der Waals surface area contributed by atoms with E-state index in [0.717, 1.165) is 0 Å². The number of aryl methyl sites for hydroxylation is 2. The minimum absolute atomic E-state index is 0.00908. The van der Waals surface area contributed by atoms with Gasteiger partial charge in [-0.05, 0) is 38.8 Å². The zero-order chi connectivity index (χ0) is 19.3. The number of nitrogens with zero attached hydrogens (tertiary/aromatic N) is 2. The highest BCUT2D eigenvalue weighted by molar-refractivity contribution is 6.01. The number of pyridine rings is 1. The van der Waals surface area contributed by atoms with E-state index in [0.29, 0.717) is 16.8 Å². The molecule has 0 spiro atoms. The van der Waals surface area contributed by atoms with Crippen LogP contribution in [-0.4, -0.2) is 35.1 Å². The Morgan fingerprint density at radius 3 is 2.50 bits per heavy atom. The van der Waals surface area contributed by atoms with Gasteiger partial charge in [-0.3, -0.25) is 19.9 Å². The Morgan fingerprint density at radius 1 is 1.19 bits per heavy atom. The van der Waals surface area contributed by atoms with Gasteiger partial charge in [0.05, 0.1) is 40.3 Å². The van der Waals surface area contributed by atoms with Gasteiger partial charge in [0.2, 0.25) is 0 Å². The van der Waals surface area contributed by atoms with E-state index in [1.54, 1.807) is 26.8 Å². The van der Waals surface area contributed by atoms with Crippen LogP contribution in [0.25, 0.3) is 10.9 Å². The molecule has 138 valence electrons. The Morgan fingerprint density at radius 2 is 1.88 bits per heavy atom. The first-order valence-corrected chi connectivity index (χ1v) is 8.30. The highest BCUT2D eigenvalue weighted by Gasteiger charge is 2.25. The van der Waals surface area contributed by atoms with E-state index >= 15 is 0 Å². The molecular formula is C18H20N2O6. The molecule has 1 aromatic heterocycles. The van der Waals surface area contributed by atoms with Gasteiger partial charge in [-0.1, -0.05) is 6.07 Å². The molecule has 0 atom stereocenters. The zero-order valence-electron chi connectivity index (χ0n) is 14.9. The molecule has 0 aliphatic carbocycles. The van der Waals surface area contributed by atoms with Crippen molar-refractivity contribution in [1.82, 2.24) is 4.98 Å². The number of ether oxygens (including phenoxy) is 2. The molecule has 0 saturated carbocycles. The number of non-ortho nitro benzene ring substituents is 1. The van der Waals surface area contributed by atoms with Gasteiger partial charge in [0.25, 0.3) is 5.69 Å². The summed E-state index contributed by atoms with van der Waals surface area (Å²) in [5.41, 5.74) is 1.17. The SMILES string of the molecule is CCOC(=O)CCc1c(C(=O)OCC)c(C)nc2cccc([N+](=O)[O-])c12. The van der Waals surface area contributed by atoms with Crippen LogP contribution < -0.4 is 0 Å². The molecule has 8 nitrogen and oxygen atoms in total. The standard InChI is InChI=1S/C18H20N2O6/c1-4-25-15(21)10-9-12-16(18(22)26-5-2)11(3)19-13-7-6-8-14(17(12)13)20(23)24/h6-8H,4-5,9-10H2,1-3H3. The second kappa shape index (κ2) is 8.37. The number of nitro groups is 1. The van der Waals surface area contributed by atoms with E-state index in [4.69, 9.17) is 9.47 Å². The first-order chi connectivity index (χ1) is 12.4. The molecule has 1 aromatic carbocycles. The Hall–Kier alpha value is -3.03. The Balaban J connectivity index is 2.70. The predicted molar refractivity (Wildman–Crippen MR) is 94.0 cm³/mol. The van der Waals surface area contributed by atoms with E-state index in [1.807, 2.05) is 0 Å². The molecule has 0 aliphatic heterocycles. The van der Waals surface area contributed by atoms with Crippen molar-refractivity contribution in [2.75, 3.05) is 13.2 Å². The Kier molecular flexibility index (Phi) is 6.21. The summed E-state index contributed by atoms with van der Waals surface area (Å²) in [6, 6.07) is 4.52. The van der Waals surface area contributed by atoms with Crippen molar-refractivity contribution in [2.24, 2.45) is 0 Å². The average Bonchev–Trinajstić information content (AvgIpc) is 2.58. The summed E-state index contributed by atoms with van der Waals surface area (Å²) >= 11 is 0. The number of carbonyl (C=O) groups is 2. The fourth-order valence-corrected chi connectivity index (χ4v) is 2.85. The molecule has 0 saturated heterocycles. The fraction of sp³-hybridized carbons (Fsp3) is 0.389. The van der Waals surface area contributed by atoms with Crippen molar-refractivity contribution in [3.63, 3.8) is 0 Å². The van der Waals surface area contributed by atoms with Crippen molar-refractivity contribution < 1.29 is 24.0 Å². The number of aromatic nitrogens is 1. The van der Waals surface area contributed by atoms with E-state index < -0.39 is 16.9 Å². The summed E-state index contributed by atoms with van der Waals surface area (Å²) < 4.78 is 10.0. The van der Waals surface area contributed by atoms with Crippen molar-refractivity contribution in [1.29, 1.82) is 0 Å². The lowest BCUT2D eigenvalue weighted by Crippen LogP contribution is -2.14. The van der Waals surface area contributed by atoms with Crippen LogP contribution in [0.15, 0.2) is 18.2 Å². The summed E-state index contributed by atoms with van der Waals surface area (Å²) in [4.78, 5) is 39.5. The maximum Gasteiger partial charge on any atom is 0.340 e. The third kappa shape index (κ3) is 3.96. The summed E-state index contributed by atoms with van der Waals surface area (Å²) in [5.74, 6) is -1.06. The normalized spacial score (nSPS) is 10.6. The highest BCUT2D eigenvalue weighted by Crippen LogP contribution is 2.32. The molecule has 0 unspecified atom stereocenters. The monoisotopic (exact) mass is 360 g/mol. The van der Waals surface area contributed by atoms with Crippen LogP contribution in [0.3, 0.4) is 0 Å². The van der Waals surface area contributed by atoms with E-state index in [9.17, 15) is 19.7 Å². The van der Waals surface area contributed by atoms with Gasteiger partial charge in [0.1, 0.15) is 0 Å². The minimum Gasteiger partial charge on any atom is -0.466 e. The Bertz CT molecular complexity index is 862. The van der Waals surface area contributed by atoms with Gasteiger partial charge in [0, 0.05) is 12.5 Å². The molecule has 8 heteroatoms. The molecule has 0 N–H and O–H groups in total. The third-order valence-corrected chi connectivity index (χ3v) is 3.83. The van der Waals surface area contributed by atoms with Crippen LogP contribution in [0.4, 0.5) is 5.69 Å².